The lowest BCUT2D eigenvalue weighted by Gasteiger charge is -2.39. The summed E-state index contributed by atoms with van der Waals surface area (Å²) in [5, 5.41) is 0.447. The van der Waals surface area contributed by atoms with E-state index in [0.717, 1.165) is 6.42 Å². The SMILES string of the molecule is CC1(C)C2CCC1(CS(=O)(=O)N1CCN(S(=O)(=O)c3ccc(Cl)cc3)CC1)C(=O)C2. The van der Waals surface area contributed by atoms with Crippen LogP contribution in [-0.2, 0) is 24.8 Å². The molecular weight excluding hydrogens is 448 g/mol. The van der Waals surface area contributed by atoms with Gasteiger partial charge in [0.25, 0.3) is 0 Å². The number of benzene rings is 1. The fraction of sp³-hybridized carbons (Fsp3) is 0.650. The topological polar surface area (TPSA) is 91.8 Å². The normalized spacial score (nSPS) is 30.1. The molecule has 2 bridgehead atoms. The molecule has 10 heteroatoms. The first-order valence-electron chi connectivity index (χ1n) is 10.2. The monoisotopic (exact) mass is 474 g/mol. The average Bonchev–Trinajstić information content (AvgIpc) is 3.02. The molecule has 3 aliphatic rings. The van der Waals surface area contributed by atoms with Crippen molar-refractivity contribution < 1.29 is 21.6 Å². The lowest BCUT2D eigenvalue weighted by molar-refractivity contribution is -0.128. The van der Waals surface area contributed by atoms with Gasteiger partial charge in [0.2, 0.25) is 20.0 Å². The minimum atomic E-state index is -3.71. The van der Waals surface area contributed by atoms with Crippen LogP contribution in [-0.4, -0.2) is 63.2 Å². The van der Waals surface area contributed by atoms with E-state index in [4.69, 9.17) is 11.6 Å². The molecule has 0 spiro atoms. The van der Waals surface area contributed by atoms with Crippen molar-refractivity contribution in [2.75, 3.05) is 31.9 Å². The number of fused-ring (bicyclic) bond motifs is 2. The summed E-state index contributed by atoms with van der Waals surface area (Å²) >= 11 is 5.84. The van der Waals surface area contributed by atoms with Gasteiger partial charge in [-0.1, -0.05) is 25.4 Å². The Balaban J connectivity index is 1.47. The molecule has 2 aliphatic carbocycles. The van der Waals surface area contributed by atoms with Crippen molar-refractivity contribution in [2.45, 2.75) is 38.0 Å². The third-order valence-corrected chi connectivity index (χ3v) is 11.8. The predicted octanol–water partition coefficient (Wildman–Crippen LogP) is 2.37. The first-order chi connectivity index (χ1) is 13.9. The van der Waals surface area contributed by atoms with Gasteiger partial charge in [-0.15, -0.1) is 0 Å². The summed E-state index contributed by atoms with van der Waals surface area (Å²) in [6.07, 6.45) is 1.98. The molecule has 0 N–H and O–H groups in total. The zero-order valence-electron chi connectivity index (χ0n) is 17.2. The van der Waals surface area contributed by atoms with Crippen molar-refractivity contribution in [1.82, 2.24) is 8.61 Å². The number of carbonyl (C=O) groups is 1. The van der Waals surface area contributed by atoms with Crippen molar-refractivity contribution in [1.29, 1.82) is 0 Å². The minimum Gasteiger partial charge on any atom is -0.299 e. The molecule has 1 aromatic rings. The van der Waals surface area contributed by atoms with Crippen molar-refractivity contribution in [3.63, 3.8) is 0 Å². The molecule has 1 heterocycles. The molecule has 1 saturated heterocycles. The first kappa shape index (κ1) is 22.2. The van der Waals surface area contributed by atoms with E-state index in [1.54, 1.807) is 0 Å². The third-order valence-electron chi connectivity index (χ3n) is 7.61. The first-order valence-corrected chi connectivity index (χ1v) is 13.6. The summed E-state index contributed by atoms with van der Waals surface area (Å²) < 4.78 is 54.7. The highest BCUT2D eigenvalue weighted by Crippen LogP contribution is 2.64. The maximum Gasteiger partial charge on any atom is 0.243 e. The van der Waals surface area contributed by atoms with Crippen LogP contribution in [0.5, 0.6) is 0 Å². The van der Waals surface area contributed by atoms with Crippen molar-refractivity contribution in [3.05, 3.63) is 29.3 Å². The smallest absolute Gasteiger partial charge is 0.243 e. The Bertz CT molecular complexity index is 1060. The van der Waals surface area contributed by atoms with Gasteiger partial charge in [0.1, 0.15) is 5.78 Å². The van der Waals surface area contributed by atoms with E-state index in [9.17, 15) is 21.6 Å². The third kappa shape index (κ3) is 3.33. The van der Waals surface area contributed by atoms with Gasteiger partial charge in [0.15, 0.2) is 0 Å². The van der Waals surface area contributed by atoms with Crippen molar-refractivity contribution in [2.24, 2.45) is 16.7 Å². The molecule has 0 radical (unpaired) electrons. The van der Waals surface area contributed by atoms with E-state index < -0.39 is 25.5 Å². The Morgan fingerprint density at radius 1 is 1.00 bits per heavy atom. The molecule has 2 unspecified atom stereocenters. The van der Waals surface area contributed by atoms with Gasteiger partial charge in [-0.3, -0.25) is 4.79 Å². The average molecular weight is 475 g/mol. The number of hydrogen-bond donors (Lipinski definition) is 0. The van der Waals surface area contributed by atoms with Crippen LogP contribution >= 0.6 is 11.6 Å². The number of piperazine rings is 1. The maximum atomic E-state index is 13.2. The number of carbonyl (C=O) groups excluding carboxylic acids is 1. The summed E-state index contributed by atoms with van der Waals surface area (Å²) in [7, 11) is -7.39. The number of Topliss-reactive ketones (excluding diaryl/α,β-unsaturated/α-hetero) is 1. The molecule has 7 nitrogen and oxygen atoms in total. The van der Waals surface area contributed by atoms with Crippen LogP contribution in [0.2, 0.25) is 5.02 Å². The summed E-state index contributed by atoms with van der Waals surface area (Å²) in [5.41, 5.74) is -1.14. The van der Waals surface area contributed by atoms with E-state index in [2.05, 4.69) is 0 Å². The molecule has 2 atom stereocenters. The quantitative estimate of drug-likeness (QED) is 0.653. The maximum absolute atomic E-state index is 13.2. The second-order valence-corrected chi connectivity index (χ2v) is 13.5. The van der Waals surface area contributed by atoms with Crippen LogP contribution in [0.1, 0.15) is 33.1 Å². The highest BCUT2D eigenvalue weighted by Gasteiger charge is 2.65. The second-order valence-electron chi connectivity index (χ2n) is 9.18. The van der Waals surface area contributed by atoms with Gasteiger partial charge < -0.3 is 0 Å². The predicted molar refractivity (Wildman–Crippen MR) is 114 cm³/mol. The minimum absolute atomic E-state index is 0.0660. The molecule has 1 aromatic carbocycles. The van der Waals surface area contributed by atoms with E-state index in [0.29, 0.717) is 17.9 Å². The molecule has 3 fully saturated rings. The molecule has 0 amide bonds. The summed E-state index contributed by atoms with van der Waals surface area (Å²) in [5.74, 6) is 0.143. The zero-order chi connectivity index (χ0) is 21.9. The van der Waals surface area contributed by atoms with Gasteiger partial charge in [-0.25, -0.2) is 16.8 Å². The molecule has 4 rings (SSSR count). The van der Waals surface area contributed by atoms with Crippen LogP contribution < -0.4 is 0 Å². The zero-order valence-corrected chi connectivity index (χ0v) is 19.6. The summed E-state index contributed by atoms with van der Waals surface area (Å²) in [6, 6.07) is 5.93. The molecule has 1 aliphatic heterocycles. The van der Waals surface area contributed by atoms with Crippen LogP contribution in [0.4, 0.5) is 0 Å². The number of sulfonamides is 2. The van der Waals surface area contributed by atoms with Crippen LogP contribution in [0.15, 0.2) is 29.2 Å². The van der Waals surface area contributed by atoms with Crippen LogP contribution in [0, 0.1) is 16.7 Å². The van der Waals surface area contributed by atoms with Gasteiger partial charge in [-0.2, -0.15) is 8.61 Å². The Morgan fingerprint density at radius 3 is 2.07 bits per heavy atom. The van der Waals surface area contributed by atoms with Crippen LogP contribution in [0.3, 0.4) is 0 Å². The fourth-order valence-corrected chi connectivity index (χ4v) is 9.21. The Hall–Kier alpha value is -1.00. The van der Waals surface area contributed by atoms with E-state index >= 15 is 0 Å². The fourth-order valence-electron chi connectivity index (χ4n) is 5.45. The standard InChI is InChI=1S/C20H27ClN2O5S2/c1-19(2)15-7-8-20(19,18(24)13-15)14-29(25,26)22-9-11-23(12-10-22)30(27,28)17-5-3-16(21)4-6-17/h3-6,15H,7-14H2,1-2H3. The highest BCUT2D eigenvalue weighted by molar-refractivity contribution is 7.89. The largest absolute Gasteiger partial charge is 0.299 e. The lowest BCUT2D eigenvalue weighted by Crippen LogP contribution is -2.53. The Kier molecular flexibility index (Phi) is 5.38. The Labute approximate surface area is 183 Å². The summed E-state index contributed by atoms with van der Waals surface area (Å²) in [6.45, 7) is 4.37. The van der Waals surface area contributed by atoms with Gasteiger partial charge in [0.05, 0.1) is 10.6 Å². The number of nitrogens with zero attached hydrogens (tertiary/aromatic N) is 2. The van der Waals surface area contributed by atoms with E-state index in [1.807, 2.05) is 13.8 Å². The molecule has 166 valence electrons. The number of hydrogen-bond acceptors (Lipinski definition) is 5. The number of ketones is 1. The van der Waals surface area contributed by atoms with Gasteiger partial charge >= 0.3 is 0 Å². The molecule has 30 heavy (non-hydrogen) atoms. The van der Waals surface area contributed by atoms with Crippen molar-refractivity contribution >= 4 is 37.4 Å². The van der Waals surface area contributed by atoms with E-state index in [-0.39, 0.29) is 53.9 Å². The van der Waals surface area contributed by atoms with Gasteiger partial charge in [0, 0.05) is 43.0 Å². The van der Waals surface area contributed by atoms with Crippen molar-refractivity contribution in [3.8, 4) is 0 Å². The molecule has 2 saturated carbocycles. The lowest BCUT2D eigenvalue weighted by atomic mass is 9.70. The van der Waals surface area contributed by atoms with Gasteiger partial charge in [-0.05, 0) is 48.4 Å². The Morgan fingerprint density at radius 2 is 1.57 bits per heavy atom. The number of halogens is 1. The number of rotatable bonds is 5. The molecule has 0 aromatic heterocycles. The molecular formula is C20H27ClN2O5S2. The van der Waals surface area contributed by atoms with Crippen LogP contribution in [0.25, 0.3) is 0 Å². The second kappa shape index (κ2) is 7.27. The van der Waals surface area contributed by atoms with E-state index in [1.165, 1.54) is 32.9 Å². The summed E-state index contributed by atoms with van der Waals surface area (Å²) in [4.78, 5) is 12.9. The highest BCUT2D eigenvalue weighted by atomic mass is 35.5.